The Morgan fingerprint density at radius 2 is 1.70 bits per heavy atom. The van der Waals surface area contributed by atoms with Crippen molar-refractivity contribution in [3.05, 3.63) is 82.4 Å². The van der Waals surface area contributed by atoms with Crippen molar-refractivity contribution in [2.75, 3.05) is 0 Å². The normalized spacial score (nSPS) is 10.7. The van der Waals surface area contributed by atoms with Crippen LogP contribution in [0.4, 0.5) is 4.39 Å². The van der Waals surface area contributed by atoms with Crippen LogP contribution in [0.2, 0.25) is 0 Å². The van der Waals surface area contributed by atoms with E-state index in [9.17, 15) is 9.18 Å². The first-order chi connectivity index (χ1) is 9.72. The lowest BCUT2D eigenvalue weighted by Crippen LogP contribution is -2.16. The van der Waals surface area contributed by atoms with Crippen LogP contribution in [-0.2, 0) is 6.54 Å². The Morgan fingerprint density at radius 3 is 2.40 bits per heavy atom. The molecule has 0 bridgehead atoms. The van der Waals surface area contributed by atoms with E-state index >= 15 is 0 Å². The summed E-state index contributed by atoms with van der Waals surface area (Å²) in [4.78, 5) is 11.9. The molecule has 0 aliphatic carbocycles. The van der Waals surface area contributed by atoms with Gasteiger partial charge in [0.15, 0.2) is 0 Å². The van der Waals surface area contributed by atoms with Crippen molar-refractivity contribution in [1.82, 2.24) is 9.78 Å². The number of hydrogen-bond acceptors (Lipinski definition) is 1. The first kappa shape index (κ1) is 12.4. The smallest absolute Gasteiger partial charge is 0.267 e. The number of rotatable bonds is 3. The minimum atomic E-state index is -0.280. The molecule has 0 spiro atoms. The quantitative estimate of drug-likeness (QED) is 0.779. The maximum atomic E-state index is 12.9. The second-order valence-corrected chi connectivity index (χ2v) is 4.59. The molecule has 3 rings (SSSR count). The minimum Gasteiger partial charge on any atom is -0.295 e. The Bertz CT molecular complexity index is 757. The molecule has 0 fully saturated rings. The Labute approximate surface area is 115 Å². The molecule has 20 heavy (non-hydrogen) atoms. The summed E-state index contributed by atoms with van der Waals surface area (Å²) < 4.78 is 14.4. The fourth-order valence-corrected chi connectivity index (χ4v) is 2.09. The van der Waals surface area contributed by atoms with Crippen LogP contribution in [0, 0.1) is 5.82 Å². The molecule has 0 amide bonds. The molecular weight excluding hydrogens is 255 g/mol. The van der Waals surface area contributed by atoms with Crippen LogP contribution in [0.25, 0.3) is 11.3 Å². The van der Waals surface area contributed by atoms with Crippen LogP contribution < -0.4 is 5.56 Å². The van der Waals surface area contributed by atoms with Crippen LogP contribution in [0.5, 0.6) is 0 Å². The number of benzene rings is 2. The van der Waals surface area contributed by atoms with Crippen molar-refractivity contribution in [3.8, 4) is 11.3 Å². The van der Waals surface area contributed by atoms with Gasteiger partial charge in [0.05, 0.1) is 12.2 Å². The van der Waals surface area contributed by atoms with E-state index in [1.807, 2.05) is 30.3 Å². The van der Waals surface area contributed by atoms with Gasteiger partial charge in [0.1, 0.15) is 5.82 Å². The van der Waals surface area contributed by atoms with E-state index in [1.54, 1.807) is 18.2 Å². The molecule has 3 aromatic rings. The average molecular weight is 268 g/mol. The van der Waals surface area contributed by atoms with Gasteiger partial charge in [-0.25, -0.2) is 9.07 Å². The molecule has 0 saturated heterocycles. The lowest BCUT2D eigenvalue weighted by Gasteiger charge is -2.03. The van der Waals surface area contributed by atoms with E-state index in [0.29, 0.717) is 6.54 Å². The van der Waals surface area contributed by atoms with Crippen molar-refractivity contribution in [1.29, 1.82) is 0 Å². The first-order valence-corrected chi connectivity index (χ1v) is 6.32. The van der Waals surface area contributed by atoms with E-state index in [4.69, 9.17) is 0 Å². The molecule has 0 aliphatic rings. The maximum Gasteiger partial charge on any atom is 0.267 e. The largest absolute Gasteiger partial charge is 0.295 e. The number of aromatic amines is 1. The molecule has 1 aromatic heterocycles. The number of nitrogens with zero attached hydrogens (tertiary/aromatic N) is 1. The third-order valence-corrected chi connectivity index (χ3v) is 3.13. The SMILES string of the molecule is O=c1cc(-c2ccccc2)[nH]n1Cc1ccc(F)cc1. The zero-order valence-electron chi connectivity index (χ0n) is 10.7. The van der Waals surface area contributed by atoms with Gasteiger partial charge >= 0.3 is 0 Å². The number of H-pyrrole nitrogens is 1. The van der Waals surface area contributed by atoms with Gasteiger partial charge in [0, 0.05) is 6.07 Å². The third-order valence-electron chi connectivity index (χ3n) is 3.13. The summed E-state index contributed by atoms with van der Waals surface area (Å²) in [5, 5.41) is 3.07. The predicted octanol–water partition coefficient (Wildman–Crippen LogP) is 3.03. The fraction of sp³-hybridized carbons (Fsp3) is 0.0625. The van der Waals surface area contributed by atoms with Crippen LogP contribution in [0.3, 0.4) is 0 Å². The standard InChI is InChI=1S/C16H13FN2O/c17-14-8-6-12(7-9-14)11-19-16(20)10-15(18-19)13-4-2-1-3-5-13/h1-10,18H,11H2. The van der Waals surface area contributed by atoms with Gasteiger partial charge in [-0.15, -0.1) is 0 Å². The highest BCUT2D eigenvalue weighted by atomic mass is 19.1. The zero-order valence-corrected chi connectivity index (χ0v) is 10.7. The maximum absolute atomic E-state index is 12.9. The summed E-state index contributed by atoms with van der Waals surface area (Å²) in [5.74, 6) is -0.280. The highest BCUT2D eigenvalue weighted by Gasteiger charge is 2.05. The molecule has 100 valence electrons. The summed E-state index contributed by atoms with van der Waals surface area (Å²) in [6.45, 7) is 0.395. The van der Waals surface area contributed by atoms with Crippen molar-refractivity contribution >= 4 is 0 Å². The predicted molar refractivity (Wildman–Crippen MR) is 76.0 cm³/mol. The average Bonchev–Trinajstić information content (AvgIpc) is 2.84. The molecule has 0 atom stereocenters. The molecule has 2 aromatic carbocycles. The van der Waals surface area contributed by atoms with Crippen LogP contribution in [0.15, 0.2) is 65.5 Å². The molecule has 0 saturated carbocycles. The minimum absolute atomic E-state index is 0.104. The summed E-state index contributed by atoms with van der Waals surface area (Å²) in [6, 6.07) is 17.3. The lowest BCUT2D eigenvalue weighted by molar-refractivity contribution is 0.623. The molecule has 1 N–H and O–H groups in total. The van der Waals surface area contributed by atoms with Gasteiger partial charge in [0.2, 0.25) is 0 Å². The summed E-state index contributed by atoms with van der Waals surface area (Å²) in [6.07, 6.45) is 0. The number of nitrogens with one attached hydrogen (secondary N) is 1. The third kappa shape index (κ3) is 2.54. The van der Waals surface area contributed by atoms with Gasteiger partial charge in [-0.2, -0.15) is 0 Å². The molecule has 0 unspecified atom stereocenters. The molecule has 1 heterocycles. The second-order valence-electron chi connectivity index (χ2n) is 4.59. The van der Waals surface area contributed by atoms with E-state index in [1.165, 1.54) is 16.8 Å². The molecule has 0 aliphatic heterocycles. The summed E-state index contributed by atoms with van der Waals surface area (Å²) in [5.41, 5.74) is 2.50. The van der Waals surface area contributed by atoms with Crippen LogP contribution in [-0.4, -0.2) is 9.78 Å². The van der Waals surface area contributed by atoms with Crippen LogP contribution >= 0.6 is 0 Å². The van der Waals surface area contributed by atoms with Gasteiger partial charge < -0.3 is 0 Å². The van der Waals surface area contributed by atoms with Crippen molar-refractivity contribution in [3.63, 3.8) is 0 Å². The number of aromatic nitrogens is 2. The molecule has 3 nitrogen and oxygen atoms in total. The topological polar surface area (TPSA) is 37.8 Å². The van der Waals surface area contributed by atoms with Crippen molar-refractivity contribution in [2.45, 2.75) is 6.54 Å². The van der Waals surface area contributed by atoms with E-state index < -0.39 is 0 Å². The van der Waals surface area contributed by atoms with Crippen molar-refractivity contribution < 1.29 is 4.39 Å². The molecule has 0 radical (unpaired) electrons. The Kier molecular flexibility index (Phi) is 3.21. The summed E-state index contributed by atoms with van der Waals surface area (Å²) in [7, 11) is 0. The monoisotopic (exact) mass is 268 g/mol. The second kappa shape index (κ2) is 5.17. The van der Waals surface area contributed by atoms with Gasteiger partial charge in [-0.3, -0.25) is 9.89 Å². The Hall–Kier alpha value is -2.62. The van der Waals surface area contributed by atoms with E-state index in [-0.39, 0.29) is 11.4 Å². The fourth-order valence-electron chi connectivity index (χ4n) is 2.09. The first-order valence-electron chi connectivity index (χ1n) is 6.32. The highest BCUT2D eigenvalue weighted by molar-refractivity contribution is 5.58. The number of halogens is 1. The molecule has 4 heteroatoms. The van der Waals surface area contributed by atoms with Gasteiger partial charge in [0.25, 0.3) is 5.56 Å². The van der Waals surface area contributed by atoms with E-state index in [0.717, 1.165) is 16.8 Å². The van der Waals surface area contributed by atoms with Gasteiger partial charge in [-0.05, 0) is 23.3 Å². The Balaban J connectivity index is 1.90. The number of hydrogen-bond donors (Lipinski definition) is 1. The Morgan fingerprint density at radius 1 is 1.00 bits per heavy atom. The van der Waals surface area contributed by atoms with E-state index in [2.05, 4.69) is 5.10 Å². The van der Waals surface area contributed by atoms with Gasteiger partial charge in [-0.1, -0.05) is 42.5 Å². The van der Waals surface area contributed by atoms with Crippen molar-refractivity contribution in [2.24, 2.45) is 0 Å². The summed E-state index contributed by atoms with van der Waals surface area (Å²) >= 11 is 0. The van der Waals surface area contributed by atoms with Crippen LogP contribution in [0.1, 0.15) is 5.56 Å². The lowest BCUT2D eigenvalue weighted by atomic mass is 10.2. The molecular formula is C16H13FN2O. The zero-order chi connectivity index (χ0) is 13.9. The highest BCUT2D eigenvalue weighted by Crippen LogP contribution is 2.14.